The number of nitrogens with zero attached hydrogens (tertiary/aromatic N) is 1. The second-order valence-electron chi connectivity index (χ2n) is 3.77. The fourth-order valence-electron chi connectivity index (χ4n) is 1.73. The summed E-state index contributed by atoms with van der Waals surface area (Å²) >= 11 is 0. The van der Waals surface area contributed by atoms with Crippen LogP contribution in [0.2, 0.25) is 0 Å². The first-order valence-electron chi connectivity index (χ1n) is 5.45. The normalized spacial score (nSPS) is 19.6. The van der Waals surface area contributed by atoms with Gasteiger partial charge in [-0.1, -0.05) is 6.92 Å². The maximum Gasteiger partial charge on any atom is 0.220 e. The van der Waals surface area contributed by atoms with Crippen LogP contribution in [0.1, 0.15) is 26.2 Å². The summed E-state index contributed by atoms with van der Waals surface area (Å²) in [5.41, 5.74) is 0. The van der Waals surface area contributed by atoms with Crippen molar-refractivity contribution >= 4 is 5.91 Å². The molecule has 0 aromatic carbocycles. The molecular formula is C10H21N3O. The molecule has 0 spiro atoms. The Kier molecular flexibility index (Phi) is 4.90. The molecule has 82 valence electrons. The summed E-state index contributed by atoms with van der Waals surface area (Å²) < 4.78 is 0. The lowest BCUT2D eigenvalue weighted by Crippen LogP contribution is -2.50. The molecule has 0 unspecified atom stereocenters. The Bertz CT molecular complexity index is 178. The van der Waals surface area contributed by atoms with Crippen molar-refractivity contribution in [3.05, 3.63) is 0 Å². The lowest BCUT2D eigenvalue weighted by Gasteiger charge is -2.23. The van der Waals surface area contributed by atoms with Gasteiger partial charge >= 0.3 is 0 Å². The first kappa shape index (κ1) is 11.5. The number of hydrogen-bond donors (Lipinski definition) is 2. The van der Waals surface area contributed by atoms with Gasteiger partial charge in [-0.05, 0) is 33.0 Å². The standard InChI is InChI=1S/C10H21N3O/c1-3-10(14)12-9(11-2)8-13-6-4-5-7-13/h9,11H,3-8H2,1-2H3,(H,12,14)/t9-/m1/s1. The monoisotopic (exact) mass is 199 g/mol. The Hall–Kier alpha value is -0.610. The van der Waals surface area contributed by atoms with Crippen molar-refractivity contribution < 1.29 is 4.79 Å². The lowest BCUT2D eigenvalue weighted by molar-refractivity contribution is -0.121. The highest BCUT2D eigenvalue weighted by molar-refractivity contribution is 5.75. The third-order valence-electron chi connectivity index (χ3n) is 2.64. The van der Waals surface area contributed by atoms with Crippen LogP contribution in [-0.2, 0) is 4.79 Å². The smallest absolute Gasteiger partial charge is 0.220 e. The van der Waals surface area contributed by atoms with E-state index in [0.717, 1.165) is 6.54 Å². The highest BCUT2D eigenvalue weighted by Gasteiger charge is 2.16. The number of nitrogens with one attached hydrogen (secondary N) is 2. The van der Waals surface area contributed by atoms with Gasteiger partial charge in [0, 0.05) is 13.0 Å². The summed E-state index contributed by atoms with van der Waals surface area (Å²) in [6.07, 6.45) is 3.23. The number of likely N-dealkylation sites (N-methyl/N-ethyl adjacent to an activating group) is 1. The van der Waals surface area contributed by atoms with E-state index in [1.165, 1.54) is 25.9 Å². The Morgan fingerprint density at radius 1 is 1.43 bits per heavy atom. The average molecular weight is 199 g/mol. The molecule has 1 atom stereocenters. The highest BCUT2D eigenvalue weighted by Crippen LogP contribution is 2.06. The molecule has 0 bridgehead atoms. The minimum atomic E-state index is 0.0977. The van der Waals surface area contributed by atoms with Gasteiger partial charge in [-0.25, -0.2) is 0 Å². The van der Waals surface area contributed by atoms with E-state index in [-0.39, 0.29) is 12.1 Å². The first-order chi connectivity index (χ1) is 6.76. The second kappa shape index (κ2) is 5.98. The van der Waals surface area contributed by atoms with Crippen LogP contribution in [-0.4, -0.2) is 43.7 Å². The molecule has 1 fully saturated rings. The molecule has 1 rings (SSSR count). The third kappa shape index (κ3) is 3.64. The van der Waals surface area contributed by atoms with E-state index in [2.05, 4.69) is 15.5 Å². The summed E-state index contributed by atoms with van der Waals surface area (Å²) in [6, 6.07) is 0. The van der Waals surface area contributed by atoms with E-state index in [0.29, 0.717) is 6.42 Å². The maximum absolute atomic E-state index is 11.2. The molecule has 0 saturated carbocycles. The number of carbonyl (C=O) groups is 1. The van der Waals surface area contributed by atoms with E-state index in [1.807, 2.05) is 14.0 Å². The number of likely N-dealkylation sites (tertiary alicyclic amines) is 1. The molecular weight excluding hydrogens is 178 g/mol. The molecule has 4 nitrogen and oxygen atoms in total. The number of rotatable bonds is 5. The average Bonchev–Trinajstić information content (AvgIpc) is 2.69. The fraction of sp³-hybridized carbons (Fsp3) is 0.900. The van der Waals surface area contributed by atoms with Crippen LogP contribution >= 0.6 is 0 Å². The van der Waals surface area contributed by atoms with Gasteiger partial charge in [0.05, 0.1) is 6.17 Å². The molecule has 14 heavy (non-hydrogen) atoms. The van der Waals surface area contributed by atoms with Crippen LogP contribution in [0.4, 0.5) is 0 Å². The predicted octanol–water partition coefficient (Wildman–Crippen LogP) is 0.154. The van der Waals surface area contributed by atoms with Crippen molar-refractivity contribution in [2.24, 2.45) is 0 Å². The third-order valence-corrected chi connectivity index (χ3v) is 2.64. The molecule has 1 saturated heterocycles. The van der Waals surface area contributed by atoms with Crippen molar-refractivity contribution in [3.8, 4) is 0 Å². The van der Waals surface area contributed by atoms with Gasteiger partial charge in [0.15, 0.2) is 0 Å². The van der Waals surface area contributed by atoms with Crippen molar-refractivity contribution in [1.82, 2.24) is 15.5 Å². The molecule has 1 heterocycles. The Balaban J connectivity index is 2.26. The Labute approximate surface area is 86.0 Å². The molecule has 2 N–H and O–H groups in total. The van der Waals surface area contributed by atoms with Crippen LogP contribution in [0.25, 0.3) is 0 Å². The summed E-state index contributed by atoms with van der Waals surface area (Å²) in [7, 11) is 1.89. The number of hydrogen-bond acceptors (Lipinski definition) is 3. The van der Waals surface area contributed by atoms with E-state index in [9.17, 15) is 4.79 Å². The largest absolute Gasteiger partial charge is 0.339 e. The van der Waals surface area contributed by atoms with Crippen LogP contribution in [0.15, 0.2) is 0 Å². The first-order valence-corrected chi connectivity index (χ1v) is 5.45. The molecule has 4 heteroatoms. The van der Waals surface area contributed by atoms with Gasteiger partial charge in [0.2, 0.25) is 5.91 Å². The van der Waals surface area contributed by atoms with Gasteiger partial charge in [0.25, 0.3) is 0 Å². The van der Waals surface area contributed by atoms with Crippen molar-refractivity contribution in [2.45, 2.75) is 32.4 Å². The highest BCUT2D eigenvalue weighted by atomic mass is 16.1. The zero-order valence-electron chi connectivity index (χ0n) is 9.18. The summed E-state index contributed by atoms with van der Waals surface area (Å²) in [5, 5.41) is 6.07. The Morgan fingerprint density at radius 3 is 2.57 bits per heavy atom. The van der Waals surface area contributed by atoms with Gasteiger partial charge in [0.1, 0.15) is 0 Å². The van der Waals surface area contributed by atoms with Crippen LogP contribution in [0, 0.1) is 0 Å². The maximum atomic E-state index is 11.2. The zero-order valence-corrected chi connectivity index (χ0v) is 9.18. The number of amides is 1. The molecule has 0 radical (unpaired) electrons. The van der Waals surface area contributed by atoms with E-state index >= 15 is 0 Å². The summed E-state index contributed by atoms with van der Waals surface area (Å²) in [6.45, 7) is 5.13. The molecule has 0 aliphatic carbocycles. The molecule has 1 amide bonds. The van der Waals surface area contributed by atoms with Gasteiger partial charge in [-0.2, -0.15) is 0 Å². The predicted molar refractivity (Wildman–Crippen MR) is 57.0 cm³/mol. The molecule has 1 aliphatic rings. The summed E-state index contributed by atoms with van der Waals surface area (Å²) in [4.78, 5) is 13.6. The minimum Gasteiger partial charge on any atom is -0.339 e. The van der Waals surface area contributed by atoms with Crippen molar-refractivity contribution in [1.29, 1.82) is 0 Å². The molecule has 1 aliphatic heterocycles. The molecule has 0 aromatic heterocycles. The minimum absolute atomic E-state index is 0.0977. The van der Waals surface area contributed by atoms with Crippen molar-refractivity contribution in [2.75, 3.05) is 26.7 Å². The van der Waals surface area contributed by atoms with Crippen LogP contribution in [0.3, 0.4) is 0 Å². The SMILES string of the molecule is CCC(=O)N[C@H](CN1CCCC1)NC. The van der Waals surface area contributed by atoms with Gasteiger partial charge in [-0.3, -0.25) is 15.0 Å². The van der Waals surface area contributed by atoms with Crippen LogP contribution < -0.4 is 10.6 Å². The van der Waals surface area contributed by atoms with Gasteiger partial charge in [-0.15, -0.1) is 0 Å². The van der Waals surface area contributed by atoms with E-state index in [4.69, 9.17) is 0 Å². The quantitative estimate of drug-likeness (QED) is 0.620. The second-order valence-corrected chi connectivity index (χ2v) is 3.77. The lowest BCUT2D eigenvalue weighted by atomic mass is 10.4. The van der Waals surface area contributed by atoms with Crippen molar-refractivity contribution in [3.63, 3.8) is 0 Å². The van der Waals surface area contributed by atoms with Crippen LogP contribution in [0.5, 0.6) is 0 Å². The number of carbonyl (C=O) groups excluding carboxylic acids is 1. The molecule has 0 aromatic rings. The zero-order chi connectivity index (χ0) is 10.4. The topological polar surface area (TPSA) is 44.4 Å². The Morgan fingerprint density at radius 2 is 2.07 bits per heavy atom. The van der Waals surface area contributed by atoms with Gasteiger partial charge < -0.3 is 5.32 Å². The summed E-state index contributed by atoms with van der Waals surface area (Å²) in [5.74, 6) is 0.114. The van der Waals surface area contributed by atoms with E-state index in [1.54, 1.807) is 0 Å². The van der Waals surface area contributed by atoms with E-state index < -0.39 is 0 Å². The fourth-order valence-corrected chi connectivity index (χ4v) is 1.73.